The van der Waals surface area contributed by atoms with Crippen LogP contribution in [0.15, 0.2) is 18.2 Å². The van der Waals surface area contributed by atoms with E-state index in [9.17, 15) is 13.2 Å². The third-order valence-electron chi connectivity index (χ3n) is 2.83. The predicted octanol–water partition coefficient (Wildman–Crippen LogP) is 2.93. The number of hydrogen-bond acceptors (Lipinski definition) is 1. The Kier molecular flexibility index (Phi) is 4.21. The molecule has 0 aromatic heterocycles. The van der Waals surface area contributed by atoms with Crippen LogP contribution < -0.4 is 5.32 Å². The summed E-state index contributed by atoms with van der Waals surface area (Å²) in [4.78, 5) is 0. The van der Waals surface area contributed by atoms with Crippen LogP contribution in [0.5, 0.6) is 0 Å². The van der Waals surface area contributed by atoms with Gasteiger partial charge in [0.25, 0.3) is 0 Å². The molecule has 0 amide bonds. The molecule has 0 saturated carbocycles. The predicted molar refractivity (Wildman–Crippen MR) is 58.5 cm³/mol. The fourth-order valence-electron chi connectivity index (χ4n) is 1.94. The van der Waals surface area contributed by atoms with Gasteiger partial charge in [-0.1, -0.05) is 12.1 Å². The maximum atomic E-state index is 14.3. The van der Waals surface area contributed by atoms with Gasteiger partial charge in [0.2, 0.25) is 0 Å². The highest BCUT2D eigenvalue weighted by molar-refractivity contribution is 5.85. The average Bonchev–Trinajstić information content (AvgIpc) is 2.23. The first-order chi connectivity index (χ1) is 7.13. The van der Waals surface area contributed by atoms with Crippen molar-refractivity contribution in [1.29, 1.82) is 0 Å². The van der Waals surface area contributed by atoms with Crippen LogP contribution >= 0.6 is 12.4 Å². The Balaban J connectivity index is 0.00000128. The molecule has 0 radical (unpaired) electrons. The minimum absolute atomic E-state index is 0. The van der Waals surface area contributed by atoms with Crippen molar-refractivity contribution >= 4 is 12.4 Å². The van der Waals surface area contributed by atoms with Gasteiger partial charge in [-0.05, 0) is 32.0 Å². The third-order valence-corrected chi connectivity index (χ3v) is 2.83. The van der Waals surface area contributed by atoms with Crippen molar-refractivity contribution in [3.63, 3.8) is 0 Å². The van der Waals surface area contributed by atoms with E-state index in [1.54, 1.807) is 0 Å². The molecule has 2 rings (SSSR count). The van der Waals surface area contributed by atoms with E-state index in [0.29, 0.717) is 13.1 Å². The molecule has 0 atom stereocenters. The summed E-state index contributed by atoms with van der Waals surface area (Å²) in [5, 5.41) is 2.99. The number of rotatable bonds is 1. The van der Waals surface area contributed by atoms with Crippen LogP contribution in [0.25, 0.3) is 0 Å². The van der Waals surface area contributed by atoms with E-state index in [0.717, 1.165) is 6.07 Å². The SMILES string of the molecule is Cl.Fc1cccc(C2(F)CCNCC2)c1F. The van der Waals surface area contributed by atoms with E-state index in [4.69, 9.17) is 0 Å². The zero-order valence-corrected chi connectivity index (χ0v) is 9.42. The summed E-state index contributed by atoms with van der Waals surface area (Å²) in [6.45, 7) is 0.985. The van der Waals surface area contributed by atoms with Crippen molar-refractivity contribution in [3.05, 3.63) is 35.4 Å². The second-order valence-electron chi connectivity index (χ2n) is 3.82. The Morgan fingerprint density at radius 2 is 1.75 bits per heavy atom. The first kappa shape index (κ1) is 13.3. The van der Waals surface area contributed by atoms with Gasteiger partial charge in [0, 0.05) is 5.56 Å². The largest absolute Gasteiger partial charge is 0.316 e. The summed E-state index contributed by atoms with van der Waals surface area (Å²) in [6.07, 6.45) is 0.376. The van der Waals surface area contributed by atoms with Gasteiger partial charge in [0.1, 0.15) is 5.67 Å². The highest BCUT2D eigenvalue weighted by Crippen LogP contribution is 2.36. The summed E-state index contributed by atoms with van der Waals surface area (Å²) in [6, 6.07) is 3.67. The van der Waals surface area contributed by atoms with Crippen LogP contribution in [0.2, 0.25) is 0 Å². The molecule has 5 heteroatoms. The summed E-state index contributed by atoms with van der Waals surface area (Å²) >= 11 is 0. The number of halogens is 4. The molecule has 1 aliphatic heterocycles. The maximum Gasteiger partial charge on any atom is 0.165 e. The molecule has 0 unspecified atom stereocenters. The monoisotopic (exact) mass is 251 g/mol. The average molecular weight is 252 g/mol. The lowest BCUT2D eigenvalue weighted by atomic mass is 9.86. The molecule has 16 heavy (non-hydrogen) atoms. The number of hydrogen-bond donors (Lipinski definition) is 1. The summed E-state index contributed by atoms with van der Waals surface area (Å²) in [7, 11) is 0. The van der Waals surface area contributed by atoms with Gasteiger partial charge in [-0.3, -0.25) is 0 Å². The Morgan fingerprint density at radius 3 is 2.38 bits per heavy atom. The molecule has 1 aromatic carbocycles. The lowest BCUT2D eigenvalue weighted by Gasteiger charge is -2.30. The Bertz CT molecular complexity index is 364. The zero-order valence-electron chi connectivity index (χ0n) is 8.60. The van der Waals surface area contributed by atoms with E-state index in [1.165, 1.54) is 12.1 Å². The highest BCUT2D eigenvalue weighted by atomic mass is 35.5. The van der Waals surface area contributed by atoms with Gasteiger partial charge < -0.3 is 5.32 Å². The van der Waals surface area contributed by atoms with Gasteiger partial charge in [-0.25, -0.2) is 13.2 Å². The van der Waals surface area contributed by atoms with Gasteiger partial charge in [0.15, 0.2) is 11.6 Å². The first-order valence-electron chi connectivity index (χ1n) is 4.98. The minimum atomic E-state index is -1.72. The molecule has 1 heterocycles. The molecule has 1 aromatic rings. The van der Waals surface area contributed by atoms with Gasteiger partial charge in [-0.2, -0.15) is 0 Å². The second-order valence-corrected chi connectivity index (χ2v) is 3.82. The number of alkyl halides is 1. The zero-order chi connectivity index (χ0) is 10.9. The molecule has 1 N–H and O–H groups in total. The van der Waals surface area contributed by atoms with E-state index in [1.807, 2.05) is 0 Å². The van der Waals surface area contributed by atoms with Crippen molar-refractivity contribution in [2.24, 2.45) is 0 Å². The topological polar surface area (TPSA) is 12.0 Å². The Labute approximate surface area is 98.4 Å². The van der Waals surface area contributed by atoms with Crippen molar-refractivity contribution in [1.82, 2.24) is 5.32 Å². The summed E-state index contributed by atoms with van der Waals surface area (Å²) in [5.41, 5.74) is -1.87. The van der Waals surface area contributed by atoms with Crippen molar-refractivity contribution in [2.45, 2.75) is 18.5 Å². The fourth-order valence-corrected chi connectivity index (χ4v) is 1.94. The molecule has 1 aliphatic rings. The lowest BCUT2D eigenvalue weighted by Crippen LogP contribution is -2.37. The molecular formula is C11H13ClF3N. The van der Waals surface area contributed by atoms with E-state index in [2.05, 4.69) is 5.32 Å². The Morgan fingerprint density at radius 1 is 1.12 bits per heavy atom. The molecule has 1 nitrogen and oxygen atoms in total. The molecule has 0 spiro atoms. The molecule has 0 bridgehead atoms. The van der Waals surface area contributed by atoms with Gasteiger partial charge in [-0.15, -0.1) is 12.4 Å². The number of piperidine rings is 1. The third kappa shape index (κ3) is 2.33. The van der Waals surface area contributed by atoms with Crippen LogP contribution in [0.1, 0.15) is 18.4 Å². The van der Waals surface area contributed by atoms with E-state index < -0.39 is 17.3 Å². The van der Waals surface area contributed by atoms with Gasteiger partial charge in [0.05, 0.1) is 0 Å². The second kappa shape index (κ2) is 5.06. The van der Waals surface area contributed by atoms with Gasteiger partial charge >= 0.3 is 0 Å². The summed E-state index contributed by atoms with van der Waals surface area (Å²) < 4.78 is 40.6. The normalized spacial score (nSPS) is 18.9. The van der Waals surface area contributed by atoms with Crippen molar-refractivity contribution in [3.8, 4) is 0 Å². The first-order valence-corrected chi connectivity index (χ1v) is 4.98. The quantitative estimate of drug-likeness (QED) is 0.809. The van der Waals surface area contributed by atoms with Crippen LogP contribution in [0, 0.1) is 11.6 Å². The van der Waals surface area contributed by atoms with Crippen LogP contribution in [-0.2, 0) is 5.67 Å². The van der Waals surface area contributed by atoms with Crippen molar-refractivity contribution in [2.75, 3.05) is 13.1 Å². The highest BCUT2D eigenvalue weighted by Gasteiger charge is 2.36. The van der Waals surface area contributed by atoms with Crippen molar-refractivity contribution < 1.29 is 13.2 Å². The fraction of sp³-hybridized carbons (Fsp3) is 0.455. The molecule has 90 valence electrons. The number of nitrogens with one attached hydrogen (secondary N) is 1. The maximum absolute atomic E-state index is 14.3. The smallest absolute Gasteiger partial charge is 0.165 e. The van der Waals surface area contributed by atoms with Crippen LogP contribution in [-0.4, -0.2) is 13.1 Å². The molecule has 1 saturated heterocycles. The summed E-state index contributed by atoms with van der Waals surface area (Å²) in [5.74, 6) is -2.04. The van der Waals surface area contributed by atoms with Crippen LogP contribution in [0.4, 0.5) is 13.2 Å². The van der Waals surface area contributed by atoms with E-state index >= 15 is 0 Å². The minimum Gasteiger partial charge on any atom is -0.316 e. The molecule has 1 fully saturated rings. The lowest BCUT2D eigenvalue weighted by molar-refractivity contribution is 0.109. The molecular weight excluding hydrogens is 239 g/mol. The van der Waals surface area contributed by atoms with E-state index in [-0.39, 0.29) is 30.8 Å². The Hall–Kier alpha value is -0.740. The van der Waals surface area contributed by atoms with Crippen LogP contribution in [0.3, 0.4) is 0 Å². The standard InChI is InChI=1S/C11H12F3N.ClH/c12-9-3-1-2-8(10(9)13)11(14)4-6-15-7-5-11;/h1-3,15H,4-7H2;1H. The number of benzene rings is 1. The molecule has 0 aliphatic carbocycles.